The fraction of sp³-hybridized carbons (Fsp3) is 0.480. The molecule has 4 rings (SSSR count). The molecule has 0 saturated carbocycles. The second-order valence-electron chi connectivity index (χ2n) is 10.7. The van der Waals surface area contributed by atoms with Crippen LogP contribution in [-0.2, 0) is 33.9 Å². The molecule has 46 heavy (non-hydrogen) atoms. The maximum atomic E-state index is 13.3. The summed E-state index contributed by atoms with van der Waals surface area (Å²) in [5, 5.41) is 20.4. The van der Waals surface area contributed by atoms with Gasteiger partial charge in [-0.25, -0.2) is 9.78 Å². The number of carbonyl (C=O) groups is 3. The highest BCUT2D eigenvalue weighted by Crippen LogP contribution is 2.33. The first kappa shape index (κ1) is 34.7. The quantitative estimate of drug-likeness (QED) is 0.0586. The first-order valence-corrected chi connectivity index (χ1v) is 16.1. The average Bonchev–Trinajstić information content (AvgIpc) is 3.44. The summed E-state index contributed by atoms with van der Waals surface area (Å²) in [5.74, 6) is -2.05. The van der Waals surface area contributed by atoms with E-state index in [1.807, 2.05) is 12.1 Å². The van der Waals surface area contributed by atoms with Gasteiger partial charge < -0.3 is 37.3 Å². The number of hydrogen-bond acceptors (Lipinski definition) is 16. The van der Waals surface area contributed by atoms with Crippen LogP contribution in [0.15, 0.2) is 34.6 Å². The summed E-state index contributed by atoms with van der Waals surface area (Å²) in [7, 11) is -5.00. The summed E-state index contributed by atoms with van der Waals surface area (Å²) >= 11 is 1.00. The molecule has 0 radical (unpaired) electrons. The molecule has 19 nitrogen and oxygen atoms in total. The normalized spacial score (nSPS) is 20.5. The van der Waals surface area contributed by atoms with Gasteiger partial charge in [-0.1, -0.05) is 12.1 Å². The Balaban J connectivity index is 1.36. The summed E-state index contributed by atoms with van der Waals surface area (Å²) in [6.07, 6.45) is -1.59. The maximum Gasteiger partial charge on any atom is 0.418 e. The Hall–Kier alpha value is -4.12. The molecule has 252 valence electrons. The number of aliphatic carboxylic acids is 1. The summed E-state index contributed by atoms with van der Waals surface area (Å²) in [5.41, 5.74) is 13.3. The van der Waals surface area contributed by atoms with E-state index in [1.54, 1.807) is 12.1 Å². The SMILES string of the molecule is CC1(C)[C@H](NC(=O)C(NO[C@@H](COc2ccc(C3CN=C(NCCN)NC3)cc2)C(=O)O)c2csc(N)n2)C(=O)N1OS(=O)(=O)O. The van der Waals surface area contributed by atoms with Crippen LogP contribution in [0.5, 0.6) is 5.75 Å². The van der Waals surface area contributed by atoms with Crippen LogP contribution in [0.3, 0.4) is 0 Å². The van der Waals surface area contributed by atoms with Crippen LogP contribution in [0, 0.1) is 0 Å². The number of carboxylic acids is 1. The highest BCUT2D eigenvalue weighted by atomic mass is 32.3. The number of nitrogens with one attached hydrogen (secondary N) is 4. The lowest BCUT2D eigenvalue weighted by Gasteiger charge is -2.50. The molecular formula is C25H35N9O10S2. The molecule has 2 aliphatic heterocycles. The number of aromatic nitrogens is 1. The van der Waals surface area contributed by atoms with Crippen molar-refractivity contribution in [3.8, 4) is 5.75 Å². The van der Waals surface area contributed by atoms with Crippen molar-refractivity contribution < 1.29 is 46.3 Å². The molecule has 2 aromatic rings. The van der Waals surface area contributed by atoms with Gasteiger partial charge in [-0.2, -0.15) is 19.0 Å². The Morgan fingerprint density at radius 2 is 2.00 bits per heavy atom. The fourth-order valence-electron chi connectivity index (χ4n) is 4.52. The zero-order valence-electron chi connectivity index (χ0n) is 24.7. The lowest BCUT2D eigenvalue weighted by molar-refractivity contribution is -0.219. The smallest absolute Gasteiger partial charge is 0.418 e. The molecule has 3 heterocycles. The Labute approximate surface area is 267 Å². The molecule has 1 aromatic carbocycles. The van der Waals surface area contributed by atoms with Crippen molar-refractivity contribution in [2.75, 3.05) is 38.5 Å². The number of amides is 2. The van der Waals surface area contributed by atoms with E-state index < -0.39 is 58.5 Å². The van der Waals surface area contributed by atoms with E-state index in [9.17, 15) is 27.9 Å². The second-order valence-corrected chi connectivity index (χ2v) is 12.6. The predicted molar refractivity (Wildman–Crippen MR) is 162 cm³/mol. The van der Waals surface area contributed by atoms with Crippen molar-refractivity contribution in [2.45, 2.75) is 43.5 Å². The second kappa shape index (κ2) is 14.5. The Kier molecular flexibility index (Phi) is 11.0. The van der Waals surface area contributed by atoms with Crippen LogP contribution in [0.2, 0.25) is 0 Å². The van der Waals surface area contributed by atoms with E-state index in [1.165, 1.54) is 19.2 Å². The first-order chi connectivity index (χ1) is 21.7. The largest absolute Gasteiger partial charge is 0.490 e. The van der Waals surface area contributed by atoms with Crippen LogP contribution in [-0.4, -0.2) is 102 Å². The zero-order valence-corrected chi connectivity index (χ0v) is 26.3. The lowest BCUT2D eigenvalue weighted by atomic mass is 9.84. The molecular weight excluding hydrogens is 650 g/mol. The van der Waals surface area contributed by atoms with E-state index in [2.05, 4.69) is 35.7 Å². The van der Waals surface area contributed by atoms with Crippen LogP contribution in [0.25, 0.3) is 0 Å². The molecule has 2 aliphatic rings. The van der Waals surface area contributed by atoms with Gasteiger partial charge in [-0.15, -0.1) is 15.6 Å². The topological polar surface area (TPSA) is 282 Å². The highest BCUT2D eigenvalue weighted by molar-refractivity contribution is 7.80. The van der Waals surface area contributed by atoms with Crippen LogP contribution < -0.4 is 37.6 Å². The number of benzene rings is 1. The van der Waals surface area contributed by atoms with E-state index >= 15 is 0 Å². The van der Waals surface area contributed by atoms with Gasteiger partial charge >= 0.3 is 16.4 Å². The van der Waals surface area contributed by atoms with E-state index in [0.717, 1.165) is 16.9 Å². The lowest BCUT2D eigenvalue weighted by Crippen LogP contribution is -2.76. The highest BCUT2D eigenvalue weighted by Gasteiger charge is 2.58. The number of hydroxylamine groups is 3. The number of nitrogens with two attached hydrogens (primary N) is 2. The van der Waals surface area contributed by atoms with Gasteiger partial charge in [0.2, 0.25) is 12.0 Å². The molecule has 1 aromatic heterocycles. The van der Waals surface area contributed by atoms with Gasteiger partial charge in [0, 0.05) is 30.9 Å². The first-order valence-electron chi connectivity index (χ1n) is 13.8. The number of nitrogens with zero attached hydrogens (tertiary/aromatic N) is 3. The Bertz CT molecular complexity index is 1550. The number of ether oxygens (including phenoxy) is 1. The Morgan fingerprint density at radius 1 is 1.28 bits per heavy atom. The van der Waals surface area contributed by atoms with E-state index in [4.69, 9.17) is 25.6 Å². The number of nitrogen functional groups attached to an aromatic ring is 1. The van der Waals surface area contributed by atoms with Crippen molar-refractivity contribution in [1.29, 1.82) is 0 Å². The monoisotopic (exact) mass is 685 g/mol. The molecule has 2 unspecified atom stereocenters. The third-order valence-electron chi connectivity index (χ3n) is 7.01. The Morgan fingerprint density at radius 3 is 2.54 bits per heavy atom. The number of thiazole rings is 1. The fourth-order valence-corrected chi connectivity index (χ4v) is 5.56. The number of aliphatic imine (C=N–C) groups is 1. The predicted octanol–water partition coefficient (Wildman–Crippen LogP) is -1.75. The number of β-lactam (4-membered cyclic amide) rings is 1. The third-order valence-corrected chi connectivity index (χ3v) is 8.04. The van der Waals surface area contributed by atoms with Crippen LogP contribution in [0.1, 0.15) is 37.1 Å². The maximum absolute atomic E-state index is 13.3. The molecule has 1 saturated heterocycles. The molecule has 21 heteroatoms. The molecule has 4 atom stereocenters. The van der Waals surface area contributed by atoms with Gasteiger partial charge in [0.1, 0.15) is 18.4 Å². The van der Waals surface area contributed by atoms with Gasteiger partial charge in [-0.05, 0) is 31.5 Å². The standard InChI is InChI=1S/C25H35N9O10S2/c1-25(2)19(21(36)34(25)44-46(39,40)41)32-20(35)18(16-12-45-23(27)31-16)33-43-17(22(37)38)11-42-15-5-3-13(4-6-15)14-9-29-24(30-10-14)28-8-7-26/h3-6,12,14,17-19,33H,7-11,26H2,1-2H3,(H2,27,31)(H,32,35)(H,37,38)(H2,28,29,30)(H,39,40,41)/t17-,18?,19+/m0/s1. The van der Waals surface area contributed by atoms with Gasteiger partial charge in [0.05, 0.1) is 17.8 Å². The molecule has 0 bridgehead atoms. The van der Waals surface area contributed by atoms with Crippen molar-refractivity contribution in [3.63, 3.8) is 0 Å². The average molecular weight is 686 g/mol. The van der Waals surface area contributed by atoms with Crippen molar-refractivity contribution in [3.05, 3.63) is 40.9 Å². The van der Waals surface area contributed by atoms with Crippen LogP contribution in [0.4, 0.5) is 5.13 Å². The minimum absolute atomic E-state index is 0.0556. The van der Waals surface area contributed by atoms with Crippen molar-refractivity contribution >= 4 is 50.6 Å². The van der Waals surface area contributed by atoms with Crippen LogP contribution >= 0.6 is 11.3 Å². The molecule has 0 aliphatic carbocycles. The third kappa shape index (κ3) is 8.57. The number of hydrogen-bond donors (Lipinski definition) is 8. The summed E-state index contributed by atoms with van der Waals surface area (Å²) in [4.78, 5) is 51.6. The van der Waals surface area contributed by atoms with E-state index in [-0.39, 0.29) is 16.7 Å². The van der Waals surface area contributed by atoms with Crippen molar-refractivity contribution in [2.24, 2.45) is 10.7 Å². The van der Waals surface area contributed by atoms with Gasteiger partial charge in [-0.3, -0.25) is 24.0 Å². The number of rotatable bonds is 15. The van der Waals surface area contributed by atoms with Gasteiger partial charge in [0.25, 0.3) is 5.91 Å². The zero-order chi connectivity index (χ0) is 33.6. The summed E-state index contributed by atoms with van der Waals surface area (Å²) in [6.45, 7) is 4.66. The summed E-state index contributed by atoms with van der Waals surface area (Å²) < 4.78 is 41.1. The molecule has 0 spiro atoms. The summed E-state index contributed by atoms with van der Waals surface area (Å²) in [6, 6.07) is 4.34. The number of carbonyl (C=O) groups excluding carboxylic acids is 2. The minimum Gasteiger partial charge on any atom is -0.490 e. The number of anilines is 1. The molecule has 2 amide bonds. The molecule has 1 fully saturated rings. The number of carboxylic acid groups (broad SMARTS) is 1. The van der Waals surface area contributed by atoms with E-state index in [0.29, 0.717) is 43.0 Å². The van der Waals surface area contributed by atoms with Gasteiger partial charge in [0.15, 0.2) is 17.1 Å². The minimum atomic E-state index is -5.00. The van der Waals surface area contributed by atoms with Crippen molar-refractivity contribution in [1.82, 2.24) is 31.5 Å². The molecule has 10 N–H and O–H groups in total. The number of guanidine groups is 1.